The highest BCUT2D eigenvalue weighted by Gasteiger charge is 2.23. The van der Waals surface area contributed by atoms with E-state index in [0.29, 0.717) is 19.1 Å². The molecule has 2 heterocycles. The summed E-state index contributed by atoms with van der Waals surface area (Å²) in [5, 5.41) is 6.07. The van der Waals surface area contributed by atoms with Crippen LogP contribution in [-0.4, -0.2) is 68.9 Å². The SMILES string of the molecule is I.NC(=NCc1cccc(NC(=O)C2CCCO2)c1)NCCCN1CCOCC1. The number of ether oxygens (including phenoxy) is 2. The first-order valence-corrected chi connectivity index (χ1v) is 10.1. The number of benzene rings is 1. The maximum Gasteiger partial charge on any atom is 0.253 e. The maximum absolute atomic E-state index is 12.1. The highest BCUT2D eigenvalue weighted by atomic mass is 127. The number of carbonyl (C=O) groups excluding carboxylic acids is 1. The van der Waals surface area contributed by atoms with Crippen LogP contribution in [-0.2, 0) is 20.8 Å². The lowest BCUT2D eigenvalue weighted by Crippen LogP contribution is -2.39. The van der Waals surface area contributed by atoms with Crippen molar-refractivity contribution in [1.29, 1.82) is 0 Å². The van der Waals surface area contributed by atoms with Gasteiger partial charge < -0.3 is 25.8 Å². The number of aliphatic imine (C=N–C) groups is 1. The van der Waals surface area contributed by atoms with Crippen molar-refractivity contribution in [3.8, 4) is 0 Å². The van der Waals surface area contributed by atoms with Gasteiger partial charge in [-0.3, -0.25) is 9.69 Å². The van der Waals surface area contributed by atoms with Gasteiger partial charge in [-0.2, -0.15) is 0 Å². The van der Waals surface area contributed by atoms with Crippen LogP contribution in [0.15, 0.2) is 29.3 Å². The topological polar surface area (TPSA) is 101 Å². The molecular formula is C20H32IN5O3. The smallest absolute Gasteiger partial charge is 0.253 e. The number of nitrogens with zero attached hydrogens (tertiary/aromatic N) is 2. The van der Waals surface area contributed by atoms with Gasteiger partial charge in [0.05, 0.1) is 19.8 Å². The van der Waals surface area contributed by atoms with Crippen LogP contribution < -0.4 is 16.4 Å². The fourth-order valence-corrected chi connectivity index (χ4v) is 3.33. The highest BCUT2D eigenvalue weighted by molar-refractivity contribution is 14.0. The molecule has 1 aromatic rings. The van der Waals surface area contributed by atoms with E-state index in [9.17, 15) is 4.79 Å². The molecule has 0 aliphatic carbocycles. The number of anilines is 1. The van der Waals surface area contributed by atoms with E-state index in [1.165, 1.54) is 0 Å². The van der Waals surface area contributed by atoms with E-state index in [1.807, 2.05) is 24.3 Å². The van der Waals surface area contributed by atoms with Crippen molar-refractivity contribution in [3.05, 3.63) is 29.8 Å². The van der Waals surface area contributed by atoms with Crippen LogP contribution in [0.3, 0.4) is 0 Å². The van der Waals surface area contributed by atoms with E-state index in [1.54, 1.807) is 0 Å². The first-order valence-electron chi connectivity index (χ1n) is 10.1. The molecule has 1 aromatic carbocycles. The fourth-order valence-electron chi connectivity index (χ4n) is 3.33. The van der Waals surface area contributed by atoms with Gasteiger partial charge in [0.2, 0.25) is 0 Å². The second kappa shape index (κ2) is 13.0. The number of nitrogens with two attached hydrogens (primary N) is 1. The molecule has 0 saturated carbocycles. The Labute approximate surface area is 189 Å². The van der Waals surface area contributed by atoms with Crippen molar-refractivity contribution in [2.24, 2.45) is 10.7 Å². The minimum atomic E-state index is -0.334. The molecule has 0 radical (unpaired) electrons. The summed E-state index contributed by atoms with van der Waals surface area (Å²) in [5.41, 5.74) is 7.71. The molecule has 0 spiro atoms. The average Bonchev–Trinajstić information content (AvgIpc) is 3.26. The van der Waals surface area contributed by atoms with Crippen LogP contribution in [0.2, 0.25) is 0 Å². The van der Waals surface area contributed by atoms with Gasteiger partial charge in [-0.05, 0) is 43.5 Å². The summed E-state index contributed by atoms with van der Waals surface area (Å²) in [7, 11) is 0. The Morgan fingerprint density at radius 2 is 2.10 bits per heavy atom. The van der Waals surface area contributed by atoms with Crippen molar-refractivity contribution in [3.63, 3.8) is 0 Å². The summed E-state index contributed by atoms with van der Waals surface area (Å²) in [5.74, 6) is 0.357. The molecule has 9 heteroatoms. The van der Waals surface area contributed by atoms with E-state index >= 15 is 0 Å². The van der Waals surface area contributed by atoms with Crippen molar-refractivity contribution >= 4 is 41.5 Å². The molecule has 4 N–H and O–H groups in total. The molecular weight excluding hydrogens is 485 g/mol. The van der Waals surface area contributed by atoms with Gasteiger partial charge in [0.25, 0.3) is 5.91 Å². The summed E-state index contributed by atoms with van der Waals surface area (Å²) in [6, 6.07) is 7.66. The lowest BCUT2D eigenvalue weighted by Gasteiger charge is -2.26. The first kappa shape index (κ1) is 23.8. The van der Waals surface area contributed by atoms with Gasteiger partial charge >= 0.3 is 0 Å². The lowest BCUT2D eigenvalue weighted by atomic mass is 10.2. The zero-order valence-electron chi connectivity index (χ0n) is 16.8. The van der Waals surface area contributed by atoms with Crippen LogP contribution in [0.1, 0.15) is 24.8 Å². The molecule has 3 rings (SSSR count). The summed E-state index contributed by atoms with van der Waals surface area (Å²) in [6.07, 6.45) is 2.40. The third-order valence-corrected chi connectivity index (χ3v) is 4.91. The van der Waals surface area contributed by atoms with Gasteiger partial charge in [-0.15, -0.1) is 24.0 Å². The summed E-state index contributed by atoms with van der Waals surface area (Å²) < 4.78 is 10.8. The number of hydrogen-bond acceptors (Lipinski definition) is 5. The third-order valence-electron chi connectivity index (χ3n) is 4.91. The number of amides is 1. The second-order valence-corrected chi connectivity index (χ2v) is 7.13. The van der Waals surface area contributed by atoms with E-state index < -0.39 is 0 Å². The predicted octanol–water partition coefficient (Wildman–Crippen LogP) is 1.55. The van der Waals surface area contributed by atoms with E-state index in [4.69, 9.17) is 15.2 Å². The Bertz CT molecular complexity index is 661. The highest BCUT2D eigenvalue weighted by Crippen LogP contribution is 2.16. The standard InChI is InChI=1S/C20H31N5O3.HI/c21-20(22-7-3-8-25-9-12-27-13-10-25)23-15-16-4-1-5-17(14-16)24-19(26)18-6-2-11-28-18;/h1,4-5,14,18H,2-3,6-13,15H2,(H,24,26)(H3,21,22,23);1H. The molecule has 1 amide bonds. The number of nitrogens with one attached hydrogen (secondary N) is 2. The Morgan fingerprint density at radius 3 is 2.86 bits per heavy atom. The third kappa shape index (κ3) is 8.45. The molecule has 1 unspecified atom stereocenters. The molecule has 2 aliphatic rings. The first-order chi connectivity index (χ1) is 13.7. The minimum absolute atomic E-state index is 0. The summed E-state index contributed by atoms with van der Waals surface area (Å²) in [6.45, 7) is 6.61. The monoisotopic (exact) mass is 517 g/mol. The molecule has 0 bridgehead atoms. The van der Waals surface area contributed by atoms with Crippen molar-refractivity contribution in [2.75, 3.05) is 51.3 Å². The van der Waals surface area contributed by atoms with Gasteiger partial charge in [0.15, 0.2) is 5.96 Å². The van der Waals surface area contributed by atoms with E-state index in [0.717, 1.165) is 69.9 Å². The number of guanidine groups is 1. The van der Waals surface area contributed by atoms with Crippen molar-refractivity contribution in [1.82, 2.24) is 10.2 Å². The van der Waals surface area contributed by atoms with E-state index in [-0.39, 0.29) is 36.0 Å². The molecule has 29 heavy (non-hydrogen) atoms. The molecule has 2 aliphatic heterocycles. The fraction of sp³-hybridized carbons (Fsp3) is 0.600. The molecule has 162 valence electrons. The van der Waals surface area contributed by atoms with Crippen molar-refractivity contribution < 1.29 is 14.3 Å². The van der Waals surface area contributed by atoms with Crippen LogP contribution in [0, 0.1) is 0 Å². The zero-order valence-corrected chi connectivity index (χ0v) is 19.1. The van der Waals surface area contributed by atoms with Crippen LogP contribution >= 0.6 is 24.0 Å². The van der Waals surface area contributed by atoms with Gasteiger partial charge in [-0.25, -0.2) is 4.99 Å². The number of carbonyl (C=O) groups is 1. The average molecular weight is 517 g/mol. The maximum atomic E-state index is 12.1. The number of morpholine rings is 1. The van der Waals surface area contributed by atoms with Crippen molar-refractivity contribution in [2.45, 2.75) is 31.9 Å². The lowest BCUT2D eigenvalue weighted by molar-refractivity contribution is -0.124. The predicted molar refractivity (Wildman–Crippen MR) is 125 cm³/mol. The molecule has 1 atom stereocenters. The molecule has 2 fully saturated rings. The summed E-state index contributed by atoms with van der Waals surface area (Å²) >= 11 is 0. The Balaban J connectivity index is 0.00000300. The molecule has 2 saturated heterocycles. The van der Waals surface area contributed by atoms with Crippen LogP contribution in [0.4, 0.5) is 5.69 Å². The minimum Gasteiger partial charge on any atom is -0.379 e. The Hall–Kier alpha value is -1.43. The molecule has 8 nitrogen and oxygen atoms in total. The second-order valence-electron chi connectivity index (χ2n) is 7.13. The van der Waals surface area contributed by atoms with Gasteiger partial charge in [0, 0.05) is 31.9 Å². The number of rotatable bonds is 8. The Morgan fingerprint density at radius 1 is 1.28 bits per heavy atom. The normalized spacial score (nSPS) is 20.1. The number of hydrogen-bond donors (Lipinski definition) is 3. The van der Waals surface area contributed by atoms with Crippen LogP contribution in [0.5, 0.6) is 0 Å². The zero-order chi connectivity index (χ0) is 19.6. The quantitative estimate of drug-likeness (QED) is 0.210. The molecule has 0 aromatic heterocycles. The largest absolute Gasteiger partial charge is 0.379 e. The number of halogens is 1. The van der Waals surface area contributed by atoms with Gasteiger partial charge in [-0.1, -0.05) is 12.1 Å². The summed E-state index contributed by atoms with van der Waals surface area (Å²) in [4.78, 5) is 18.9. The van der Waals surface area contributed by atoms with Crippen LogP contribution in [0.25, 0.3) is 0 Å². The van der Waals surface area contributed by atoms with E-state index in [2.05, 4.69) is 20.5 Å². The van der Waals surface area contributed by atoms with Gasteiger partial charge in [0.1, 0.15) is 6.10 Å². The Kier molecular flexibility index (Phi) is 10.7.